The summed E-state index contributed by atoms with van der Waals surface area (Å²) < 4.78 is 0. The van der Waals surface area contributed by atoms with Gasteiger partial charge in [0.15, 0.2) is 0 Å². The number of benzene rings is 2. The number of nitrogens with zero attached hydrogens (tertiary/aromatic N) is 2. The smallest absolute Gasteiger partial charge is 0.251 e. The van der Waals surface area contributed by atoms with E-state index in [1.807, 2.05) is 42.5 Å². The number of hydrogen-bond donors (Lipinski definition) is 3. The fraction of sp³-hybridized carbons (Fsp3) is 0.105. The van der Waals surface area contributed by atoms with Gasteiger partial charge in [0.25, 0.3) is 5.91 Å². The summed E-state index contributed by atoms with van der Waals surface area (Å²) in [5.41, 5.74) is 2.98. The quantitative estimate of drug-likeness (QED) is 0.645. The predicted octanol–water partition coefficient (Wildman–Crippen LogP) is 2.61. The van der Waals surface area contributed by atoms with E-state index >= 15 is 0 Å². The first-order chi connectivity index (χ1) is 12.3. The van der Waals surface area contributed by atoms with Crippen molar-refractivity contribution in [3.05, 3.63) is 72.6 Å². The third-order valence-electron chi connectivity index (χ3n) is 3.53. The summed E-state index contributed by atoms with van der Waals surface area (Å²) in [6.07, 6.45) is 1.49. The van der Waals surface area contributed by atoms with E-state index in [1.165, 1.54) is 6.33 Å². The number of aromatic nitrogens is 2. The number of rotatable bonds is 6. The van der Waals surface area contributed by atoms with Gasteiger partial charge in [0.05, 0.1) is 12.3 Å². The summed E-state index contributed by atoms with van der Waals surface area (Å²) >= 11 is 0. The van der Waals surface area contributed by atoms with Gasteiger partial charge in [0, 0.05) is 29.4 Å². The Bertz CT molecular complexity index is 853. The Kier molecular flexibility index (Phi) is 5.33. The molecular formula is C19H18N4O2. The number of hydrogen-bond acceptors (Lipinski definition) is 5. The minimum absolute atomic E-state index is 0.0914. The first-order valence-corrected chi connectivity index (χ1v) is 7.90. The van der Waals surface area contributed by atoms with Crippen molar-refractivity contribution in [2.75, 3.05) is 18.5 Å². The number of carbonyl (C=O) groups is 1. The molecule has 1 aromatic heterocycles. The molecule has 0 atom stereocenters. The van der Waals surface area contributed by atoms with Crippen LogP contribution in [0.4, 0.5) is 11.5 Å². The van der Waals surface area contributed by atoms with E-state index in [9.17, 15) is 4.79 Å². The molecule has 6 heteroatoms. The van der Waals surface area contributed by atoms with Crippen LogP contribution in [0.2, 0.25) is 0 Å². The van der Waals surface area contributed by atoms with Crippen molar-refractivity contribution in [1.82, 2.24) is 15.3 Å². The monoisotopic (exact) mass is 334 g/mol. The van der Waals surface area contributed by atoms with Gasteiger partial charge >= 0.3 is 0 Å². The zero-order valence-corrected chi connectivity index (χ0v) is 13.5. The van der Waals surface area contributed by atoms with Crippen LogP contribution in [0.5, 0.6) is 0 Å². The number of aliphatic hydroxyl groups excluding tert-OH is 1. The SMILES string of the molecule is O=C(NCCO)c1cccc(-c2cc(Nc3ccccc3)ncn2)c1. The number of nitrogens with one attached hydrogen (secondary N) is 2. The molecule has 0 aliphatic rings. The highest BCUT2D eigenvalue weighted by atomic mass is 16.3. The van der Waals surface area contributed by atoms with Crippen LogP contribution in [0.1, 0.15) is 10.4 Å². The minimum Gasteiger partial charge on any atom is -0.395 e. The fourth-order valence-corrected chi connectivity index (χ4v) is 2.34. The van der Waals surface area contributed by atoms with Crippen LogP contribution in [-0.2, 0) is 0 Å². The molecule has 0 fully saturated rings. The van der Waals surface area contributed by atoms with Crippen molar-refractivity contribution >= 4 is 17.4 Å². The molecule has 0 saturated carbocycles. The Hall–Kier alpha value is -3.25. The molecule has 0 bridgehead atoms. The summed E-state index contributed by atoms with van der Waals surface area (Å²) in [7, 11) is 0. The van der Waals surface area contributed by atoms with Gasteiger partial charge in [-0.2, -0.15) is 0 Å². The summed E-state index contributed by atoms with van der Waals surface area (Å²) in [4.78, 5) is 20.5. The highest BCUT2D eigenvalue weighted by molar-refractivity contribution is 5.95. The molecule has 0 radical (unpaired) electrons. The average Bonchev–Trinajstić information content (AvgIpc) is 2.67. The second-order valence-corrected chi connectivity index (χ2v) is 5.34. The summed E-state index contributed by atoms with van der Waals surface area (Å²) in [5.74, 6) is 0.443. The maximum atomic E-state index is 12.0. The van der Waals surface area contributed by atoms with E-state index < -0.39 is 0 Å². The molecule has 3 aromatic rings. The molecule has 6 nitrogen and oxygen atoms in total. The van der Waals surface area contributed by atoms with Crippen LogP contribution < -0.4 is 10.6 Å². The molecule has 1 amide bonds. The lowest BCUT2D eigenvalue weighted by Crippen LogP contribution is -2.26. The van der Waals surface area contributed by atoms with Crippen molar-refractivity contribution in [2.45, 2.75) is 0 Å². The van der Waals surface area contributed by atoms with Crippen LogP contribution in [-0.4, -0.2) is 34.1 Å². The lowest BCUT2D eigenvalue weighted by Gasteiger charge is -2.08. The molecule has 3 rings (SSSR count). The Balaban J connectivity index is 1.82. The Morgan fingerprint density at radius 1 is 1.00 bits per heavy atom. The van der Waals surface area contributed by atoms with E-state index in [0.717, 1.165) is 11.3 Å². The van der Waals surface area contributed by atoms with Gasteiger partial charge in [-0.15, -0.1) is 0 Å². The molecule has 25 heavy (non-hydrogen) atoms. The molecule has 0 unspecified atom stereocenters. The van der Waals surface area contributed by atoms with Crippen LogP contribution in [0.3, 0.4) is 0 Å². The summed E-state index contributed by atoms with van der Waals surface area (Å²) in [5, 5.41) is 14.7. The second-order valence-electron chi connectivity index (χ2n) is 5.34. The molecule has 0 aliphatic heterocycles. The molecule has 0 spiro atoms. The second kappa shape index (κ2) is 8.03. The van der Waals surface area contributed by atoms with Gasteiger partial charge in [0.2, 0.25) is 0 Å². The first-order valence-electron chi connectivity index (χ1n) is 7.90. The summed E-state index contributed by atoms with van der Waals surface area (Å²) in [6.45, 7) is 0.133. The Morgan fingerprint density at radius 2 is 1.84 bits per heavy atom. The molecule has 0 aliphatic carbocycles. The van der Waals surface area contributed by atoms with Crippen LogP contribution >= 0.6 is 0 Å². The maximum Gasteiger partial charge on any atom is 0.251 e. The van der Waals surface area contributed by atoms with Crippen LogP contribution in [0, 0.1) is 0 Å². The highest BCUT2D eigenvalue weighted by Crippen LogP contribution is 2.22. The van der Waals surface area contributed by atoms with E-state index in [4.69, 9.17) is 5.11 Å². The largest absolute Gasteiger partial charge is 0.395 e. The molecule has 1 heterocycles. The van der Waals surface area contributed by atoms with E-state index in [-0.39, 0.29) is 19.1 Å². The lowest BCUT2D eigenvalue weighted by atomic mass is 10.1. The number of aliphatic hydroxyl groups is 1. The van der Waals surface area contributed by atoms with Crippen molar-refractivity contribution in [2.24, 2.45) is 0 Å². The van der Waals surface area contributed by atoms with Gasteiger partial charge in [-0.3, -0.25) is 4.79 Å². The van der Waals surface area contributed by atoms with Gasteiger partial charge in [0.1, 0.15) is 12.1 Å². The third kappa shape index (κ3) is 4.39. The van der Waals surface area contributed by atoms with Crippen LogP contribution in [0.15, 0.2) is 67.0 Å². The van der Waals surface area contributed by atoms with Crippen LogP contribution in [0.25, 0.3) is 11.3 Å². The van der Waals surface area contributed by atoms with E-state index in [1.54, 1.807) is 18.2 Å². The van der Waals surface area contributed by atoms with Crippen molar-refractivity contribution in [1.29, 1.82) is 0 Å². The highest BCUT2D eigenvalue weighted by Gasteiger charge is 2.08. The number of para-hydroxylation sites is 1. The van der Waals surface area contributed by atoms with Gasteiger partial charge in [-0.1, -0.05) is 30.3 Å². The molecule has 2 aromatic carbocycles. The normalized spacial score (nSPS) is 10.3. The standard InChI is InChI=1S/C19H18N4O2/c24-10-9-20-19(25)15-6-4-5-14(11-15)17-12-18(22-13-21-17)23-16-7-2-1-3-8-16/h1-8,11-13,24H,9-10H2,(H,20,25)(H,21,22,23). The molecule has 126 valence electrons. The average molecular weight is 334 g/mol. The zero-order chi connectivity index (χ0) is 17.5. The zero-order valence-electron chi connectivity index (χ0n) is 13.5. The molecular weight excluding hydrogens is 316 g/mol. The fourth-order valence-electron chi connectivity index (χ4n) is 2.34. The minimum atomic E-state index is -0.229. The molecule has 0 saturated heterocycles. The Labute approximate surface area is 145 Å². The van der Waals surface area contributed by atoms with Crippen molar-refractivity contribution in [3.63, 3.8) is 0 Å². The van der Waals surface area contributed by atoms with Gasteiger partial charge in [-0.25, -0.2) is 9.97 Å². The van der Waals surface area contributed by atoms with Crippen molar-refractivity contribution in [3.8, 4) is 11.3 Å². The number of carbonyl (C=O) groups excluding carboxylic acids is 1. The molecule has 3 N–H and O–H groups in total. The predicted molar refractivity (Wildman–Crippen MR) is 96.6 cm³/mol. The third-order valence-corrected chi connectivity index (χ3v) is 3.53. The number of amides is 1. The first kappa shape index (κ1) is 16.6. The lowest BCUT2D eigenvalue weighted by molar-refractivity contribution is 0.0945. The van der Waals surface area contributed by atoms with E-state index in [2.05, 4.69) is 20.6 Å². The topological polar surface area (TPSA) is 87.1 Å². The summed E-state index contributed by atoms with van der Waals surface area (Å²) in [6, 6.07) is 18.7. The Morgan fingerprint density at radius 3 is 2.64 bits per heavy atom. The van der Waals surface area contributed by atoms with E-state index in [0.29, 0.717) is 17.1 Å². The maximum absolute atomic E-state index is 12.0. The van der Waals surface area contributed by atoms with Gasteiger partial charge in [-0.05, 0) is 24.3 Å². The van der Waals surface area contributed by atoms with Crippen molar-refractivity contribution < 1.29 is 9.90 Å². The number of anilines is 2. The van der Waals surface area contributed by atoms with Gasteiger partial charge < -0.3 is 15.7 Å².